The molecule has 3 heterocycles. The van der Waals surface area contributed by atoms with E-state index in [-0.39, 0.29) is 6.03 Å². The highest BCUT2D eigenvalue weighted by atomic mass is 19.1. The zero-order valence-corrected chi connectivity index (χ0v) is 17.8. The molecule has 2 aromatic heterocycles. The summed E-state index contributed by atoms with van der Waals surface area (Å²) >= 11 is 0. The van der Waals surface area contributed by atoms with Crippen LogP contribution in [0.2, 0.25) is 0 Å². The van der Waals surface area contributed by atoms with Crippen molar-refractivity contribution in [2.75, 3.05) is 11.9 Å². The summed E-state index contributed by atoms with van der Waals surface area (Å²) in [6.45, 7) is 6.74. The highest BCUT2D eigenvalue weighted by Gasteiger charge is 2.43. The number of urea groups is 1. The third-order valence-corrected chi connectivity index (χ3v) is 5.83. The fourth-order valence-corrected chi connectivity index (χ4v) is 4.18. The van der Waals surface area contributed by atoms with Crippen LogP contribution in [0.5, 0.6) is 0 Å². The van der Waals surface area contributed by atoms with Gasteiger partial charge >= 0.3 is 6.03 Å². The number of aryl methyl sites for hydroxylation is 1. The van der Waals surface area contributed by atoms with Gasteiger partial charge in [0.05, 0.1) is 12.4 Å². The summed E-state index contributed by atoms with van der Waals surface area (Å²) in [5.74, 6) is 1.01. The van der Waals surface area contributed by atoms with Gasteiger partial charge in [-0.3, -0.25) is 0 Å². The van der Waals surface area contributed by atoms with Crippen LogP contribution in [0.1, 0.15) is 38.1 Å². The van der Waals surface area contributed by atoms with Crippen molar-refractivity contribution in [2.24, 2.45) is 5.92 Å². The summed E-state index contributed by atoms with van der Waals surface area (Å²) < 4.78 is 13.2. The molecule has 2 amide bonds. The molecule has 1 aliphatic rings. The number of amides is 2. The van der Waals surface area contributed by atoms with Gasteiger partial charge in [-0.1, -0.05) is 13.0 Å². The molecule has 0 radical (unpaired) electrons. The maximum Gasteiger partial charge on any atom is 0.322 e. The van der Waals surface area contributed by atoms with E-state index in [0.717, 1.165) is 36.4 Å². The number of benzene rings is 1. The number of anilines is 1. The molecule has 0 bridgehead atoms. The Morgan fingerprint density at radius 2 is 1.90 bits per heavy atom. The summed E-state index contributed by atoms with van der Waals surface area (Å²) in [6.07, 6.45) is 7.38. The molecule has 1 aliphatic heterocycles. The summed E-state index contributed by atoms with van der Waals surface area (Å²) in [7, 11) is 0. The third kappa shape index (κ3) is 4.23. The van der Waals surface area contributed by atoms with Gasteiger partial charge in [0.1, 0.15) is 5.54 Å². The smallest absolute Gasteiger partial charge is 0.312 e. The molecule has 8 heteroatoms. The van der Waals surface area contributed by atoms with Crippen molar-refractivity contribution in [2.45, 2.75) is 39.2 Å². The average Bonchev–Trinajstić information content (AvgIpc) is 2.76. The molecular formula is C23H25FN6O. The second-order valence-electron chi connectivity index (χ2n) is 8.28. The second kappa shape index (κ2) is 8.37. The molecule has 0 aliphatic carbocycles. The molecule has 4 rings (SSSR count). The van der Waals surface area contributed by atoms with Crippen LogP contribution in [-0.2, 0) is 5.54 Å². The van der Waals surface area contributed by atoms with Gasteiger partial charge < -0.3 is 10.2 Å². The fourth-order valence-electron chi connectivity index (χ4n) is 4.18. The maximum atomic E-state index is 13.3. The molecule has 7 nitrogen and oxygen atoms in total. The Morgan fingerprint density at radius 3 is 2.61 bits per heavy atom. The number of nitrogens with zero attached hydrogens (tertiary/aromatic N) is 5. The Bertz CT molecular complexity index is 1080. The number of halogens is 1. The van der Waals surface area contributed by atoms with E-state index in [4.69, 9.17) is 0 Å². The van der Waals surface area contributed by atoms with Crippen LogP contribution in [0.15, 0.2) is 49.1 Å². The van der Waals surface area contributed by atoms with Crippen molar-refractivity contribution in [3.05, 3.63) is 66.3 Å². The zero-order chi connectivity index (χ0) is 22.0. The topological polar surface area (TPSA) is 83.9 Å². The van der Waals surface area contributed by atoms with Gasteiger partial charge in [-0.15, -0.1) is 0 Å². The number of carbonyl (C=O) groups is 1. The van der Waals surface area contributed by atoms with Crippen LogP contribution in [0.25, 0.3) is 11.4 Å². The number of likely N-dealkylation sites (tertiary alicyclic amines) is 1. The van der Waals surface area contributed by atoms with Crippen molar-refractivity contribution in [1.82, 2.24) is 24.8 Å². The van der Waals surface area contributed by atoms with Crippen LogP contribution in [0.3, 0.4) is 0 Å². The van der Waals surface area contributed by atoms with Crippen LogP contribution >= 0.6 is 0 Å². The van der Waals surface area contributed by atoms with E-state index in [0.29, 0.717) is 29.8 Å². The van der Waals surface area contributed by atoms with E-state index < -0.39 is 11.4 Å². The Labute approximate surface area is 180 Å². The van der Waals surface area contributed by atoms with E-state index in [2.05, 4.69) is 32.2 Å². The second-order valence-corrected chi connectivity index (χ2v) is 8.28. The Kier molecular flexibility index (Phi) is 5.63. The summed E-state index contributed by atoms with van der Waals surface area (Å²) in [5, 5.41) is 3.00. The molecule has 31 heavy (non-hydrogen) atoms. The zero-order valence-electron chi connectivity index (χ0n) is 17.8. The molecule has 2 atom stereocenters. The van der Waals surface area contributed by atoms with Gasteiger partial charge in [0, 0.05) is 30.2 Å². The first-order valence-corrected chi connectivity index (χ1v) is 10.3. The molecule has 0 saturated carbocycles. The quantitative estimate of drug-likeness (QED) is 0.671. The van der Waals surface area contributed by atoms with Gasteiger partial charge in [-0.2, -0.15) is 0 Å². The number of piperidine rings is 1. The highest BCUT2D eigenvalue weighted by Crippen LogP contribution is 2.38. The minimum Gasteiger partial charge on any atom is -0.312 e. The average molecular weight is 420 g/mol. The lowest BCUT2D eigenvalue weighted by Crippen LogP contribution is -2.54. The molecule has 0 spiro atoms. The van der Waals surface area contributed by atoms with Crippen molar-refractivity contribution in [3.63, 3.8) is 0 Å². The molecular weight excluding hydrogens is 395 g/mol. The number of hydrogen-bond acceptors (Lipinski definition) is 5. The molecule has 160 valence electrons. The Hall–Kier alpha value is -3.42. The van der Waals surface area contributed by atoms with Crippen LogP contribution in [-0.4, -0.2) is 37.4 Å². The van der Waals surface area contributed by atoms with Crippen molar-refractivity contribution >= 4 is 11.7 Å². The van der Waals surface area contributed by atoms with Gasteiger partial charge in [0.15, 0.2) is 17.5 Å². The first kappa shape index (κ1) is 20.8. The summed E-state index contributed by atoms with van der Waals surface area (Å²) in [5.41, 5.74) is 1.68. The third-order valence-electron chi connectivity index (χ3n) is 5.83. The van der Waals surface area contributed by atoms with Crippen LogP contribution in [0, 0.1) is 18.7 Å². The first-order chi connectivity index (χ1) is 14.9. The molecule has 3 aromatic rings. The molecule has 1 N–H and O–H groups in total. The minimum atomic E-state index is -0.601. The Balaban J connectivity index is 1.61. The van der Waals surface area contributed by atoms with Gasteiger partial charge in [-0.25, -0.2) is 29.1 Å². The Morgan fingerprint density at radius 1 is 1.19 bits per heavy atom. The van der Waals surface area contributed by atoms with Gasteiger partial charge in [0.2, 0.25) is 0 Å². The number of nitrogens with one attached hydrogen (secondary N) is 1. The van der Waals surface area contributed by atoms with Gasteiger partial charge in [-0.05, 0) is 56.4 Å². The highest BCUT2D eigenvalue weighted by molar-refractivity contribution is 5.91. The lowest BCUT2D eigenvalue weighted by atomic mass is 9.81. The largest absolute Gasteiger partial charge is 0.322 e. The first-order valence-electron chi connectivity index (χ1n) is 10.3. The van der Waals surface area contributed by atoms with E-state index in [1.807, 2.05) is 36.9 Å². The molecule has 1 aromatic carbocycles. The number of hydrogen-bond donors (Lipinski definition) is 1. The van der Waals surface area contributed by atoms with Crippen molar-refractivity contribution < 1.29 is 9.18 Å². The predicted molar refractivity (Wildman–Crippen MR) is 116 cm³/mol. The van der Waals surface area contributed by atoms with Crippen LogP contribution < -0.4 is 5.32 Å². The van der Waals surface area contributed by atoms with Crippen molar-refractivity contribution in [1.29, 1.82) is 0 Å². The number of rotatable bonds is 3. The normalized spacial score (nSPS) is 21.0. The molecule has 1 fully saturated rings. The predicted octanol–water partition coefficient (Wildman–Crippen LogP) is 4.56. The van der Waals surface area contributed by atoms with Gasteiger partial charge in [0.25, 0.3) is 0 Å². The maximum absolute atomic E-state index is 13.3. The fraction of sp³-hybridized carbons (Fsp3) is 0.348. The van der Waals surface area contributed by atoms with E-state index in [9.17, 15) is 9.18 Å². The lowest BCUT2D eigenvalue weighted by molar-refractivity contribution is 0.0651. The van der Waals surface area contributed by atoms with Crippen LogP contribution in [0.4, 0.5) is 14.9 Å². The monoisotopic (exact) mass is 420 g/mol. The summed E-state index contributed by atoms with van der Waals surface area (Å²) in [6, 6.07) is 7.09. The number of carbonyl (C=O) groups excluding carboxylic acids is 1. The SMILES string of the molecule is Cc1ccc(NC(=O)N2CC[C@H](C)C[C@@]2(C)c2ncccn2)cc1-c1ncc(F)cn1. The van der Waals surface area contributed by atoms with Crippen molar-refractivity contribution in [3.8, 4) is 11.4 Å². The standard InChI is InChI=1S/C23H25FN6O/c1-15-7-10-30(23(3,12-15)21-25-8-4-9-26-21)22(31)29-18-6-5-16(2)19(11-18)20-27-13-17(24)14-28-20/h4-6,8-9,11,13-15H,7,10,12H2,1-3H3,(H,29,31)/t15-,23-/m0/s1. The van der Waals surface area contributed by atoms with E-state index in [1.165, 1.54) is 0 Å². The lowest BCUT2D eigenvalue weighted by Gasteiger charge is -2.45. The molecule has 0 unspecified atom stereocenters. The minimum absolute atomic E-state index is 0.211. The number of aromatic nitrogens is 4. The molecule has 1 saturated heterocycles. The van der Waals surface area contributed by atoms with E-state index >= 15 is 0 Å². The van der Waals surface area contributed by atoms with E-state index in [1.54, 1.807) is 18.5 Å². The summed E-state index contributed by atoms with van der Waals surface area (Å²) in [4.78, 5) is 32.1.